The SMILES string of the molecule is Cc1cc(C(=O)N(C)Cc2ccccc2F)ccc1N. The van der Waals surface area contributed by atoms with Gasteiger partial charge in [-0.3, -0.25) is 4.79 Å². The predicted molar refractivity (Wildman–Crippen MR) is 77.8 cm³/mol. The molecule has 0 heterocycles. The highest BCUT2D eigenvalue weighted by Crippen LogP contribution is 2.16. The van der Waals surface area contributed by atoms with Crippen LogP contribution in [-0.4, -0.2) is 17.9 Å². The molecular formula is C16H17FN2O. The van der Waals surface area contributed by atoms with E-state index in [0.717, 1.165) is 5.56 Å². The molecule has 0 spiro atoms. The van der Waals surface area contributed by atoms with Crippen molar-refractivity contribution < 1.29 is 9.18 Å². The molecule has 104 valence electrons. The number of anilines is 1. The van der Waals surface area contributed by atoms with Gasteiger partial charge in [0.1, 0.15) is 5.82 Å². The number of nitrogens with two attached hydrogens (primary N) is 1. The van der Waals surface area contributed by atoms with Gasteiger partial charge in [0.05, 0.1) is 0 Å². The van der Waals surface area contributed by atoms with Crippen molar-refractivity contribution in [1.82, 2.24) is 4.90 Å². The van der Waals surface area contributed by atoms with Crippen LogP contribution < -0.4 is 5.73 Å². The van der Waals surface area contributed by atoms with Gasteiger partial charge in [-0.2, -0.15) is 0 Å². The molecule has 0 radical (unpaired) electrons. The lowest BCUT2D eigenvalue weighted by Gasteiger charge is -2.18. The van der Waals surface area contributed by atoms with E-state index in [-0.39, 0.29) is 18.3 Å². The zero-order valence-corrected chi connectivity index (χ0v) is 11.6. The lowest BCUT2D eigenvalue weighted by atomic mass is 10.1. The molecule has 0 saturated carbocycles. The number of hydrogen-bond donors (Lipinski definition) is 1. The van der Waals surface area contributed by atoms with Crippen LogP contribution >= 0.6 is 0 Å². The number of benzene rings is 2. The van der Waals surface area contributed by atoms with E-state index in [1.165, 1.54) is 11.0 Å². The molecule has 0 fully saturated rings. The number of rotatable bonds is 3. The van der Waals surface area contributed by atoms with Crippen molar-refractivity contribution in [3.63, 3.8) is 0 Å². The van der Waals surface area contributed by atoms with Crippen LogP contribution in [0.25, 0.3) is 0 Å². The Labute approximate surface area is 117 Å². The Morgan fingerprint density at radius 3 is 2.60 bits per heavy atom. The fraction of sp³-hybridized carbons (Fsp3) is 0.188. The molecule has 4 heteroatoms. The highest BCUT2D eigenvalue weighted by Gasteiger charge is 2.14. The van der Waals surface area contributed by atoms with E-state index in [1.807, 2.05) is 6.92 Å². The predicted octanol–water partition coefficient (Wildman–Crippen LogP) is 2.99. The number of carbonyl (C=O) groups excluding carboxylic acids is 1. The Morgan fingerprint density at radius 2 is 1.95 bits per heavy atom. The maximum absolute atomic E-state index is 13.6. The quantitative estimate of drug-likeness (QED) is 0.873. The molecule has 2 aromatic rings. The number of amides is 1. The molecule has 0 aliphatic rings. The maximum Gasteiger partial charge on any atom is 0.253 e. The van der Waals surface area contributed by atoms with Gasteiger partial charge in [0.25, 0.3) is 5.91 Å². The molecule has 0 saturated heterocycles. The monoisotopic (exact) mass is 272 g/mol. The third-order valence-electron chi connectivity index (χ3n) is 3.23. The zero-order valence-electron chi connectivity index (χ0n) is 11.6. The van der Waals surface area contributed by atoms with Crippen molar-refractivity contribution in [3.8, 4) is 0 Å². The minimum atomic E-state index is -0.305. The lowest BCUT2D eigenvalue weighted by Crippen LogP contribution is -2.26. The van der Waals surface area contributed by atoms with Crippen molar-refractivity contribution in [2.24, 2.45) is 0 Å². The highest BCUT2D eigenvalue weighted by molar-refractivity contribution is 5.94. The van der Waals surface area contributed by atoms with Gasteiger partial charge in [0.2, 0.25) is 0 Å². The largest absolute Gasteiger partial charge is 0.399 e. The smallest absolute Gasteiger partial charge is 0.253 e. The third-order valence-corrected chi connectivity index (χ3v) is 3.23. The van der Waals surface area contributed by atoms with Crippen LogP contribution in [0.3, 0.4) is 0 Å². The number of nitrogens with zero attached hydrogens (tertiary/aromatic N) is 1. The van der Waals surface area contributed by atoms with Gasteiger partial charge in [-0.05, 0) is 36.8 Å². The first-order valence-corrected chi connectivity index (χ1v) is 6.34. The summed E-state index contributed by atoms with van der Waals surface area (Å²) in [5.41, 5.74) is 8.29. The second-order valence-electron chi connectivity index (χ2n) is 4.82. The van der Waals surface area contributed by atoms with E-state index < -0.39 is 0 Å². The number of aryl methyl sites for hydroxylation is 1. The van der Waals surface area contributed by atoms with Crippen LogP contribution in [0.4, 0.5) is 10.1 Å². The number of hydrogen-bond acceptors (Lipinski definition) is 2. The Hall–Kier alpha value is -2.36. The first-order valence-electron chi connectivity index (χ1n) is 6.34. The standard InChI is InChI=1S/C16H17FN2O/c1-11-9-12(7-8-15(11)18)16(20)19(2)10-13-5-3-4-6-14(13)17/h3-9H,10,18H2,1-2H3. The van der Waals surface area contributed by atoms with Crippen LogP contribution in [0.2, 0.25) is 0 Å². The third kappa shape index (κ3) is 2.96. The summed E-state index contributed by atoms with van der Waals surface area (Å²) in [5, 5.41) is 0. The molecule has 2 aromatic carbocycles. The van der Waals surface area contributed by atoms with Crippen LogP contribution in [-0.2, 0) is 6.54 Å². The van der Waals surface area contributed by atoms with Crippen molar-refractivity contribution in [1.29, 1.82) is 0 Å². The molecule has 2 N–H and O–H groups in total. The van der Waals surface area contributed by atoms with Crippen LogP contribution in [0.1, 0.15) is 21.5 Å². The summed E-state index contributed by atoms with van der Waals surface area (Å²) in [4.78, 5) is 13.8. The maximum atomic E-state index is 13.6. The van der Waals surface area contributed by atoms with Crippen molar-refractivity contribution in [2.75, 3.05) is 12.8 Å². The molecule has 1 amide bonds. The first-order chi connectivity index (χ1) is 9.49. The average Bonchev–Trinajstić information content (AvgIpc) is 2.43. The van der Waals surface area contributed by atoms with Crippen molar-refractivity contribution in [2.45, 2.75) is 13.5 Å². The number of nitrogen functional groups attached to an aromatic ring is 1. The molecule has 0 aromatic heterocycles. The number of halogens is 1. The molecule has 0 aliphatic heterocycles. The molecule has 20 heavy (non-hydrogen) atoms. The molecule has 0 bridgehead atoms. The summed E-state index contributed by atoms with van der Waals surface area (Å²) >= 11 is 0. The Bertz CT molecular complexity index is 640. The van der Waals surface area contributed by atoms with E-state index in [0.29, 0.717) is 16.8 Å². The molecule has 2 rings (SSSR count). The van der Waals surface area contributed by atoms with Crippen molar-refractivity contribution >= 4 is 11.6 Å². The summed E-state index contributed by atoms with van der Waals surface area (Å²) in [6, 6.07) is 11.6. The Balaban J connectivity index is 2.16. The van der Waals surface area contributed by atoms with Crippen LogP contribution in [0.5, 0.6) is 0 Å². The van der Waals surface area contributed by atoms with E-state index in [4.69, 9.17) is 5.73 Å². The average molecular weight is 272 g/mol. The molecule has 0 unspecified atom stereocenters. The summed E-state index contributed by atoms with van der Waals surface area (Å²) in [6.45, 7) is 2.08. The van der Waals surface area contributed by atoms with Crippen LogP contribution in [0.15, 0.2) is 42.5 Å². The van der Waals surface area contributed by atoms with E-state index >= 15 is 0 Å². The molecular weight excluding hydrogens is 255 g/mol. The topological polar surface area (TPSA) is 46.3 Å². The van der Waals surface area contributed by atoms with E-state index in [2.05, 4.69) is 0 Å². The minimum absolute atomic E-state index is 0.156. The first kappa shape index (κ1) is 14.1. The summed E-state index contributed by atoms with van der Waals surface area (Å²) in [6.07, 6.45) is 0. The number of carbonyl (C=O) groups is 1. The Kier molecular flexibility index (Phi) is 4.03. The summed E-state index contributed by atoms with van der Waals surface area (Å²) < 4.78 is 13.6. The van der Waals surface area contributed by atoms with Gasteiger partial charge in [-0.1, -0.05) is 18.2 Å². The van der Waals surface area contributed by atoms with Gasteiger partial charge in [0.15, 0.2) is 0 Å². The van der Waals surface area contributed by atoms with E-state index in [1.54, 1.807) is 43.4 Å². The lowest BCUT2D eigenvalue weighted by molar-refractivity contribution is 0.0784. The minimum Gasteiger partial charge on any atom is -0.399 e. The van der Waals surface area contributed by atoms with Crippen molar-refractivity contribution in [3.05, 3.63) is 65.0 Å². The van der Waals surface area contributed by atoms with Gasteiger partial charge >= 0.3 is 0 Å². The van der Waals surface area contributed by atoms with Gasteiger partial charge in [-0.15, -0.1) is 0 Å². The zero-order chi connectivity index (χ0) is 14.7. The fourth-order valence-corrected chi connectivity index (χ4v) is 1.98. The fourth-order valence-electron chi connectivity index (χ4n) is 1.98. The van der Waals surface area contributed by atoms with Gasteiger partial charge < -0.3 is 10.6 Å². The van der Waals surface area contributed by atoms with E-state index in [9.17, 15) is 9.18 Å². The van der Waals surface area contributed by atoms with Gasteiger partial charge in [-0.25, -0.2) is 4.39 Å². The summed E-state index contributed by atoms with van der Waals surface area (Å²) in [5.74, 6) is -0.461. The van der Waals surface area contributed by atoms with Gasteiger partial charge in [0, 0.05) is 30.4 Å². The second kappa shape index (κ2) is 5.74. The molecule has 0 aliphatic carbocycles. The normalized spacial score (nSPS) is 10.3. The highest BCUT2D eigenvalue weighted by atomic mass is 19.1. The molecule has 0 atom stereocenters. The van der Waals surface area contributed by atoms with Crippen LogP contribution in [0, 0.1) is 12.7 Å². The molecule has 3 nitrogen and oxygen atoms in total. The Morgan fingerprint density at radius 1 is 1.25 bits per heavy atom. The second-order valence-corrected chi connectivity index (χ2v) is 4.82. The summed E-state index contributed by atoms with van der Waals surface area (Å²) in [7, 11) is 1.65.